The normalized spacial score (nSPS) is 13.9. The van der Waals surface area contributed by atoms with Crippen molar-refractivity contribution in [3.05, 3.63) is 101 Å². The van der Waals surface area contributed by atoms with Crippen LogP contribution in [0.1, 0.15) is 30.4 Å². The molecular weight excluding hydrogens is 438 g/mol. The van der Waals surface area contributed by atoms with Crippen LogP contribution in [0.2, 0.25) is 0 Å². The van der Waals surface area contributed by atoms with Crippen molar-refractivity contribution < 1.29 is 5.21 Å². The second-order valence-corrected chi connectivity index (χ2v) is 9.11. The number of hydrogen-bond donors (Lipinski definition) is 1. The maximum absolute atomic E-state index is 12.2. The molecule has 1 aliphatic rings. The molecule has 0 radical (unpaired) electrons. The summed E-state index contributed by atoms with van der Waals surface area (Å²) >= 11 is 0. The van der Waals surface area contributed by atoms with Crippen molar-refractivity contribution in [1.29, 1.82) is 0 Å². The first-order valence-electron chi connectivity index (χ1n) is 11.9. The minimum absolute atomic E-state index is 0.191. The summed E-state index contributed by atoms with van der Waals surface area (Å²) in [5, 5.41) is 10.6. The lowest BCUT2D eigenvalue weighted by atomic mass is 10.00. The van der Waals surface area contributed by atoms with Crippen molar-refractivity contribution in [2.24, 2.45) is 0 Å². The summed E-state index contributed by atoms with van der Waals surface area (Å²) in [6.45, 7) is 6.75. The molecule has 7 heteroatoms. The highest BCUT2D eigenvalue weighted by Crippen LogP contribution is 2.27. The molecule has 1 saturated heterocycles. The van der Waals surface area contributed by atoms with Crippen molar-refractivity contribution in [2.45, 2.75) is 32.4 Å². The maximum Gasteiger partial charge on any atom is 0.384 e. The SMILES string of the molecule is C=C1CCCCN1Cc1cccc(-c2cccc(CN(C)c3nc(=O)n(O)c4ncccc34)c2)c1. The van der Waals surface area contributed by atoms with E-state index in [4.69, 9.17) is 0 Å². The molecule has 178 valence electrons. The second kappa shape index (κ2) is 9.62. The number of nitrogens with zero attached hydrogens (tertiary/aromatic N) is 5. The molecule has 0 aliphatic carbocycles. The van der Waals surface area contributed by atoms with Gasteiger partial charge in [-0.25, -0.2) is 9.78 Å². The Bertz CT molecular complexity index is 1440. The molecule has 5 rings (SSSR count). The number of pyridine rings is 1. The Morgan fingerprint density at radius 2 is 1.77 bits per heavy atom. The molecule has 4 aromatic rings. The third-order valence-corrected chi connectivity index (χ3v) is 6.54. The second-order valence-electron chi connectivity index (χ2n) is 9.11. The predicted octanol–water partition coefficient (Wildman–Crippen LogP) is 4.83. The number of anilines is 1. The molecule has 3 heterocycles. The fourth-order valence-electron chi connectivity index (χ4n) is 4.73. The van der Waals surface area contributed by atoms with Crippen LogP contribution in [0.4, 0.5) is 5.82 Å². The van der Waals surface area contributed by atoms with E-state index in [1.165, 1.54) is 35.9 Å². The summed E-state index contributed by atoms with van der Waals surface area (Å²) in [6.07, 6.45) is 5.08. The molecule has 1 N–H and O–H groups in total. The highest BCUT2D eigenvalue weighted by atomic mass is 16.5. The summed E-state index contributed by atoms with van der Waals surface area (Å²) in [5.74, 6) is 0.484. The van der Waals surface area contributed by atoms with Crippen molar-refractivity contribution in [3.8, 4) is 11.1 Å². The molecule has 0 unspecified atom stereocenters. The van der Waals surface area contributed by atoms with Crippen LogP contribution in [0, 0.1) is 0 Å². The van der Waals surface area contributed by atoms with Gasteiger partial charge in [-0.1, -0.05) is 43.0 Å². The third kappa shape index (κ3) is 4.75. The monoisotopic (exact) mass is 467 g/mol. The van der Waals surface area contributed by atoms with Crippen molar-refractivity contribution >= 4 is 16.9 Å². The summed E-state index contributed by atoms with van der Waals surface area (Å²) in [6, 6.07) is 20.7. The van der Waals surface area contributed by atoms with E-state index in [0.717, 1.165) is 30.6 Å². The molecule has 2 aromatic heterocycles. The van der Waals surface area contributed by atoms with Gasteiger partial charge < -0.3 is 15.0 Å². The number of benzene rings is 2. The Hall–Kier alpha value is -4.13. The van der Waals surface area contributed by atoms with E-state index >= 15 is 0 Å². The molecule has 2 aromatic carbocycles. The highest BCUT2D eigenvalue weighted by molar-refractivity contribution is 5.86. The van der Waals surface area contributed by atoms with Gasteiger partial charge in [0.1, 0.15) is 5.82 Å². The van der Waals surface area contributed by atoms with Gasteiger partial charge in [0.05, 0.1) is 5.39 Å². The van der Waals surface area contributed by atoms with E-state index in [0.29, 0.717) is 22.5 Å². The minimum atomic E-state index is -0.750. The first-order valence-corrected chi connectivity index (χ1v) is 11.9. The van der Waals surface area contributed by atoms with Crippen LogP contribution < -0.4 is 10.6 Å². The average Bonchev–Trinajstić information content (AvgIpc) is 2.88. The van der Waals surface area contributed by atoms with Gasteiger partial charge in [0.25, 0.3) is 0 Å². The predicted molar refractivity (Wildman–Crippen MR) is 138 cm³/mol. The van der Waals surface area contributed by atoms with Crippen LogP contribution in [-0.2, 0) is 13.1 Å². The van der Waals surface area contributed by atoms with Crippen LogP contribution in [0.5, 0.6) is 0 Å². The number of fused-ring (bicyclic) bond motifs is 1. The molecule has 1 fully saturated rings. The van der Waals surface area contributed by atoms with E-state index in [-0.39, 0.29) is 5.65 Å². The molecular formula is C28H29N5O2. The van der Waals surface area contributed by atoms with Crippen molar-refractivity contribution in [2.75, 3.05) is 18.5 Å². The Labute approximate surface area is 204 Å². The lowest BCUT2D eigenvalue weighted by Gasteiger charge is -2.31. The highest BCUT2D eigenvalue weighted by Gasteiger charge is 2.16. The summed E-state index contributed by atoms with van der Waals surface area (Å²) in [4.78, 5) is 24.7. The smallest absolute Gasteiger partial charge is 0.384 e. The molecule has 0 bridgehead atoms. The number of rotatable bonds is 6. The Morgan fingerprint density at radius 1 is 1.03 bits per heavy atom. The Balaban J connectivity index is 1.39. The fraction of sp³-hybridized carbons (Fsp3) is 0.250. The van der Waals surface area contributed by atoms with Crippen molar-refractivity contribution in [1.82, 2.24) is 19.6 Å². The molecule has 0 atom stereocenters. The third-order valence-electron chi connectivity index (χ3n) is 6.54. The zero-order valence-electron chi connectivity index (χ0n) is 19.9. The standard InChI is InChI=1S/C28H29N5O2/c1-20-8-3-4-15-32(20)19-22-10-6-12-24(17-22)23-11-5-9-21(16-23)18-31(2)27-25-13-7-14-29-26(25)33(35)28(34)30-27/h5-7,9-14,16-17,35H,1,3-4,8,15,18-19H2,2H3. The summed E-state index contributed by atoms with van der Waals surface area (Å²) < 4.78 is 0.486. The lowest BCUT2D eigenvalue weighted by Crippen LogP contribution is -2.27. The van der Waals surface area contributed by atoms with Crippen molar-refractivity contribution in [3.63, 3.8) is 0 Å². The van der Waals surface area contributed by atoms with Crippen LogP contribution in [-0.4, -0.2) is 38.4 Å². The lowest BCUT2D eigenvalue weighted by molar-refractivity contribution is 0.182. The van der Waals surface area contributed by atoms with Crippen LogP contribution >= 0.6 is 0 Å². The Morgan fingerprint density at radius 3 is 2.54 bits per heavy atom. The zero-order chi connectivity index (χ0) is 24.4. The van der Waals surface area contributed by atoms with Gasteiger partial charge >= 0.3 is 5.69 Å². The largest absolute Gasteiger partial charge is 0.422 e. The molecule has 0 spiro atoms. The minimum Gasteiger partial charge on any atom is -0.422 e. The Kier molecular flexibility index (Phi) is 6.23. The van der Waals surface area contributed by atoms with E-state index in [1.54, 1.807) is 12.1 Å². The molecule has 7 nitrogen and oxygen atoms in total. The van der Waals surface area contributed by atoms with Crippen LogP contribution in [0.25, 0.3) is 22.2 Å². The van der Waals surface area contributed by atoms with E-state index in [1.807, 2.05) is 11.9 Å². The van der Waals surface area contributed by atoms with Gasteiger partial charge in [-0.05, 0) is 65.8 Å². The first-order chi connectivity index (χ1) is 17.0. The molecule has 35 heavy (non-hydrogen) atoms. The quantitative estimate of drug-likeness (QED) is 0.410. The summed E-state index contributed by atoms with van der Waals surface area (Å²) in [7, 11) is 1.88. The van der Waals surface area contributed by atoms with Crippen LogP contribution in [0.15, 0.2) is 83.9 Å². The number of likely N-dealkylation sites (tertiary alicyclic amines) is 1. The zero-order valence-corrected chi connectivity index (χ0v) is 19.9. The van der Waals surface area contributed by atoms with E-state index in [9.17, 15) is 10.0 Å². The van der Waals surface area contributed by atoms with Gasteiger partial charge in [0.15, 0.2) is 5.65 Å². The number of hydrogen-bond acceptors (Lipinski definition) is 6. The van der Waals surface area contributed by atoms with Gasteiger partial charge in [0.2, 0.25) is 0 Å². The number of allylic oxidation sites excluding steroid dienone is 1. The molecule has 0 amide bonds. The first kappa shape index (κ1) is 22.7. The fourth-order valence-corrected chi connectivity index (χ4v) is 4.73. The van der Waals surface area contributed by atoms with Gasteiger partial charge in [-0.15, -0.1) is 4.73 Å². The van der Waals surface area contributed by atoms with Crippen LogP contribution in [0.3, 0.4) is 0 Å². The van der Waals surface area contributed by atoms with Gasteiger partial charge in [-0.3, -0.25) is 0 Å². The van der Waals surface area contributed by atoms with Gasteiger partial charge in [0, 0.05) is 38.6 Å². The van der Waals surface area contributed by atoms with Gasteiger partial charge in [-0.2, -0.15) is 4.98 Å². The van der Waals surface area contributed by atoms with E-state index in [2.05, 4.69) is 70.0 Å². The van der Waals surface area contributed by atoms with E-state index < -0.39 is 5.69 Å². The maximum atomic E-state index is 12.2. The summed E-state index contributed by atoms with van der Waals surface area (Å²) in [5.41, 5.74) is 5.35. The molecule has 1 aliphatic heterocycles. The number of aromatic nitrogens is 3. The number of piperidine rings is 1. The molecule has 0 saturated carbocycles. The topological polar surface area (TPSA) is 74.5 Å². The average molecular weight is 468 g/mol.